The van der Waals surface area contributed by atoms with Crippen molar-refractivity contribution in [2.45, 2.75) is 0 Å². The van der Waals surface area contributed by atoms with Gasteiger partial charge < -0.3 is 20.0 Å². The number of imidazole rings is 2. The SMILES string of the molecule is CN(C)c1ccc(-c2nc(-c3ccccc3)c(-c3ccccc3)[nH]2)cc1.Oc1ccccc1-c1nc(-c2ccccc2)c(-c2ccccc2)[nH]1. The molecule has 0 aliphatic carbocycles. The highest BCUT2D eigenvalue weighted by molar-refractivity contribution is 5.83. The predicted molar refractivity (Wildman–Crippen MR) is 206 cm³/mol. The summed E-state index contributed by atoms with van der Waals surface area (Å²) in [6.45, 7) is 0. The summed E-state index contributed by atoms with van der Waals surface area (Å²) in [4.78, 5) is 18.7. The largest absolute Gasteiger partial charge is 0.507 e. The lowest BCUT2D eigenvalue weighted by molar-refractivity contribution is 0.477. The van der Waals surface area contributed by atoms with E-state index in [1.165, 1.54) is 5.69 Å². The standard InChI is InChI=1S/C23H21N3.C21H16N2O/c1-26(2)20-15-13-19(14-16-20)23-24-21(17-9-5-3-6-10-17)22(25-23)18-11-7-4-8-12-18;24-18-14-8-7-13-17(18)21-22-19(15-9-3-1-4-10-15)20(23-21)16-11-5-2-6-12-16/h3-16H,1-2H3,(H,24,25);1-14,24H,(H,22,23). The molecule has 0 radical (unpaired) electrons. The minimum Gasteiger partial charge on any atom is -0.507 e. The van der Waals surface area contributed by atoms with Gasteiger partial charge in [0.05, 0.1) is 28.3 Å². The van der Waals surface area contributed by atoms with E-state index < -0.39 is 0 Å². The number of hydrogen-bond donors (Lipinski definition) is 3. The first kappa shape index (κ1) is 31.9. The number of nitrogens with one attached hydrogen (secondary N) is 2. The minimum absolute atomic E-state index is 0.213. The predicted octanol–water partition coefficient (Wildman–Crippen LogP) is 10.6. The quantitative estimate of drug-likeness (QED) is 0.160. The van der Waals surface area contributed by atoms with Crippen molar-refractivity contribution in [2.24, 2.45) is 0 Å². The minimum atomic E-state index is 0.213. The molecule has 50 heavy (non-hydrogen) atoms. The van der Waals surface area contributed by atoms with Crippen molar-refractivity contribution in [3.63, 3.8) is 0 Å². The van der Waals surface area contributed by atoms with Crippen molar-refractivity contribution < 1.29 is 5.11 Å². The Morgan fingerprint density at radius 3 is 1.28 bits per heavy atom. The third-order valence-electron chi connectivity index (χ3n) is 8.44. The number of benzene rings is 6. The molecule has 8 rings (SSSR count). The van der Waals surface area contributed by atoms with Gasteiger partial charge in [0.25, 0.3) is 0 Å². The van der Waals surface area contributed by atoms with Gasteiger partial charge in [-0.3, -0.25) is 0 Å². The molecule has 0 aliphatic heterocycles. The molecule has 2 aromatic heterocycles. The molecule has 3 N–H and O–H groups in total. The second-order valence-corrected chi connectivity index (χ2v) is 12.0. The molecular formula is C44H37N5O. The van der Waals surface area contributed by atoms with Crippen LogP contribution in [-0.2, 0) is 0 Å². The number of aromatic nitrogens is 4. The summed E-state index contributed by atoms with van der Waals surface area (Å²) >= 11 is 0. The van der Waals surface area contributed by atoms with Crippen molar-refractivity contribution in [3.05, 3.63) is 170 Å². The molecular weight excluding hydrogens is 615 g/mol. The van der Waals surface area contributed by atoms with Crippen LogP contribution in [0.25, 0.3) is 67.8 Å². The lowest BCUT2D eigenvalue weighted by atomic mass is 10.1. The third kappa shape index (κ3) is 6.96. The lowest BCUT2D eigenvalue weighted by Gasteiger charge is -2.12. The fourth-order valence-electron chi connectivity index (χ4n) is 5.84. The van der Waals surface area contributed by atoms with Gasteiger partial charge >= 0.3 is 0 Å². The zero-order chi connectivity index (χ0) is 34.3. The van der Waals surface area contributed by atoms with Crippen LogP contribution in [0.3, 0.4) is 0 Å². The molecule has 2 heterocycles. The summed E-state index contributed by atoms with van der Waals surface area (Å²) in [7, 11) is 4.09. The van der Waals surface area contributed by atoms with E-state index in [0.717, 1.165) is 56.4 Å². The average molecular weight is 652 g/mol. The van der Waals surface area contributed by atoms with Crippen LogP contribution in [0, 0.1) is 0 Å². The molecule has 0 aliphatic rings. The van der Waals surface area contributed by atoms with Crippen LogP contribution in [0.5, 0.6) is 5.75 Å². The maximum absolute atomic E-state index is 10.1. The second-order valence-electron chi connectivity index (χ2n) is 12.0. The van der Waals surface area contributed by atoms with Gasteiger partial charge in [0.15, 0.2) is 0 Å². The van der Waals surface area contributed by atoms with Gasteiger partial charge in [0, 0.05) is 47.6 Å². The van der Waals surface area contributed by atoms with Crippen LogP contribution >= 0.6 is 0 Å². The zero-order valence-corrected chi connectivity index (χ0v) is 28.0. The van der Waals surface area contributed by atoms with Gasteiger partial charge in [-0.15, -0.1) is 0 Å². The summed E-state index contributed by atoms with van der Waals surface area (Å²) < 4.78 is 0. The second kappa shape index (κ2) is 14.6. The number of para-hydroxylation sites is 1. The number of aromatic hydroxyl groups is 1. The van der Waals surface area contributed by atoms with Crippen LogP contribution in [0.2, 0.25) is 0 Å². The van der Waals surface area contributed by atoms with Crippen molar-refractivity contribution in [1.29, 1.82) is 0 Å². The Kier molecular flexibility index (Phi) is 9.33. The maximum Gasteiger partial charge on any atom is 0.142 e. The number of phenolic OH excluding ortho intramolecular Hbond substituents is 1. The van der Waals surface area contributed by atoms with Crippen LogP contribution in [0.1, 0.15) is 0 Å². The van der Waals surface area contributed by atoms with E-state index in [1.807, 2.05) is 99.0 Å². The van der Waals surface area contributed by atoms with E-state index in [9.17, 15) is 5.11 Å². The molecule has 8 aromatic rings. The highest BCUT2D eigenvalue weighted by atomic mass is 16.3. The van der Waals surface area contributed by atoms with E-state index in [1.54, 1.807) is 12.1 Å². The first-order valence-electron chi connectivity index (χ1n) is 16.5. The maximum atomic E-state index is 10.1. The number of rotatable bonds is 7. The highest BCUT2D eigenvalue weighted by Gasteiger charge is 2.17. The smallest absolute Gasteiger partial charge is 0.142 e. The van der Waals surface area contributed by atoms with Gasteiger partial charge in [-0.25, -0.2) is 9.97 Å². The van der Waals surface area contributed by atoms with Crippen LogP contribution < -0.4 is 4.90 Å². The molecule has 0 fully saturated rings. The average Bonchev–Trinajstić information content (AvgIpc) is 3.83. The number of anilines is 1. The highest BCUT2D eigenvalue weighted by Crippen LogP contribution is 2.36. The Hall–Kier alpha value is -6.66. The zero-order valence-electron chi connectivity index (χ0n) is 28.0. The molecule has 0 saturated carbocycles. The molecule has 0 unspecified atom stereocenters. The molecule has 0 spiro atoms. The number of nitrogens with zero attached hydrogens (tertiary/aromatic N) is 3. The van der Waals surface area contributed by atoms with E-state index in [4.69, 9.17) is 9.97 Å². The summed E-state index contributed by atoms with van der Waals surface area (Å²) in [6, 6.07) is 56.5. The van der Waals surface area contributed by atoms with Crippen molar-refractivity contribution in [3.8, 4) is 73.6 Å². The molecule has 0 saturated heterocycles. The molecule has 6 aromatic carbocycles. The summed E-state index contributed by atoms with van der Waals surface area (Å²) in [5.74, 6) is 1.75. The molecule has 0 bridgehead atoms. The van der Waals surface area contributed by atoms with Gasteiger partial charge in [0.1, 0.15) is 17.4 Å². The number of phenols is 1. The summed E-state index contributed by atoms with van der Waals surface area (Å²) in [5.41, 5.74) is 11.1. The monoisotopic (exact) mass is 651 g/mol. The Morgan fingerprint density at radius 1 is 0.420 bits per heavy atom. The molecule has 6 nitrogen and oxygen atoms in total. The fraction of sp³-hybridized carbons (Fsp3) is 0.0455. The Bertz CT molecular complexity index is 2160. The molecule has 6 heteroatoms. The number of hydrogen-bond acceptors (Lipinski definition) is 4. The van der Waals surface area contributed by atoms with Crippen molar-refractivity contribution >= 4 is 5.69 Å². The topological polar surface area (TPSA) is 80.8 Å². The summed E-state index contributed by atoms with van der Waals surface area (Å²) in [6.07, 6.45) is 0. The number of aromatic amines is 2. The van der Waals surface area contributed by atoms with Crippen LogP contribution in [0.4, 0.5) is 5.69 Å². The van der Waals surface area contributed by atoms with E-state index in [2.05, 4.69) is 87.7 Å². The Balaban J connectivity index is 0.000000157. The lowest BCUT2D eigenvalue weighted by Crippen LogP contribution is -2.07. The first-order valence-corrected chi connectivity index (χ1v) is 16.5. The summed E-state index contributed by atoms with van der Waals surface area (Å²) in [5, 5.41) is 10.1. The van der Waals surface area contributed by atoms with Crippen LogP contribution in [0.15, 0.2) is 170 Å². The first-order chi connectivity index (χ1) is 24.5. The van der Waals surface area contributed by atoms with Gasteiger partial charge in [-0.05, 0) is 36.4 Å². The van der Waals surface area contributed by atoms with E-state index >= 15 is 0 Å². The molecule has 0 atom stereocenters. The number of H-pyrrole nitrogens is 2. The third-order valence-corrected chi connectivity index (χ3v) is 8.44. The van der Waals surface area contributed by atoms with Crippen molar-refractivity contribution in [2.75, 3.05) is 19.0 Å². The Morgan fingerprint density at radius 2 is 0.820 bits per heavy atom. The normalized spacial score (nSPS) is 10.7. The van der Waals surface area contributed by atoms with Crippen molar-refractivity contribution in [1.82, 2.24) is 19.9 Å². The van der Waals surface area contributed by atoms with Gasteiger partial charge in [0.2, 0.25) is 0 Å². The van der Waals surface area contributed by atoms with Gasteiger partial charge in [-0.1, -0.05) is 133 Å². The van der Waals surface area contributed by atoms with E-state index in [-0.39, 0.29) is 5.75 Å². The Labute approximate surface area is 292 Å². The fourth-order valence-corrected chi connectivity index (χ4v) is 5.84. The molecule has 0 amide bonds. The molecule has 244 valence electrons. The van der Waals surface area contributed by atoms with E-state index in [0.29, 0.717) is 11.4 Å². The van der Waals surface area contributed by atoms with Crippen LogP contribution in [-0.4, -0.2) is 39.1 Å². The van der Waals surface area contributed by atoms with Gasteiger partial charge in [-0.2, -0.15) is 0 Å².